The molecule has 0 atom stereocenters. The number of piperazine rings is 1. The normalized spacial score (nSPS) is 15.5. The molecule has 0 aliphatic carbocycles. The maximum Gasteiger partial charge on any atom is 0.339 e. The quantitative estimate of drug-likeness (QED) is 0.422. The first-order valence-corrected chi connectivity index (χ1v) is 12.5. The van der Waals surface area contributed by atoms with E-state index in [-0.39, 0.29) is 30.3 Å². The molecule has 180 valence electrons. The van der Waals surface area contributed by atoms with Crippen molar-refractivity contribution in [3.8, 4) is 0 Å². The van der Waals surface area contributed by atoms with Crippen molar-refractivity contribution >= 4 is 32.7 Å². The topological polar surface area (TPSA) is 113 Å². The summed E-state index contributed by atoms with van der Waals surface area (Å²) in [5, 5.41) is 0.785. The number of carbonyl (C=O) groups excluding carboxylic acids is 2. The lowest BCUT2D eigenvalue weighted by molar-refractivity contribution is 0.0599. The van der Waals surface area contributed by atoms with E-state index in [0.29, 0.717) is 41.1 Å². The number of carbonyl (C=O) groups is 2. The second-order valence-corrected chi connectivity index (χ2v) is 10.5. The van der Waals surface area contributed by atoms with Gasteiger partial charge in [0.2, 0.25) is 10.0 Å². The van der Waals surface area contributed by atoms with Gasteiger partial charge in [-0.3, -0.25) is 14.7 Å². The molecule has 34 heavy (non-hydrogen) atoms. The molecular weight excluding hydrogens is 456 g/mol. The maximum atomic E-state index is 13.4. The molecule has 3 aromatic rings. The fourth-order valence-corrected chi connectivity index (χ4v) is 6.02. The number of sulfonamides is 1. The summed E-state index contributed by atoms with van der Waals surface area (Å²) in [5.41, 5.74) is 3.33. The first-order chi connectivity index (χ1) is 16.1. The van der Waals surface area contributed by atoms with Gasteiger partial charge >= 0.3 is 5.97 Å². The number of ketones is 1. The number of esters is 1. The van der Waals surface area contributed by atoms with E-state index in [0.717, 1.165) is 10.9 Å². The SMILES string of the molecule is COC(=O)c1c(C)[nH]c(C(=O)CN2CCN(S(=O)(=O)c3cccc4cc(C)cnc34)CC2)c1C. The van der Waals surface area contributed by atoms with E-state index in [2.05, 4.69) is 9.97 Å². The molecule has 1 saturated heterocycles. The van der Waals surface area contributed by atoms with Crippen LogP contribution < -0.4 is 0 Å². The maximum absolute atomic E-state index is 13.4. The second kappa shape index (κ2) is 9.28. The van der Waals surface area contributed by atoms with Crippen molar-refractivity contribution in [3.05, 3.63) is 58.5 Å². The monoisotopic (exact) mass is 484 g/mol. The van der Waals surface area contributed by atoms with Gasteiger partial charge in [-0.05, 0) is 44.0 Å². The number of fused-ring (bicyclic) bond motifs is 1. The standard InChI is InChI=1S/C24H28N4O5S/c1-15-12-18-6-5-7-20(23(18)25-13-15)34(31,32)28-10-8-27(9-11-28)14-19(29)22-16(2)21(17(3)26-22)24(30)33-4/h5-7,12-13,26H,8-11,14H2,1-4H3. The Kier molecular flexibility index (Phi) is 6.57. The number of Topliss-reactive ketones (excluding diaryl/α,β-unsaturated/α-hetero) is 1. The second-order valence-electron chi connectivity index (χ2n) is 8.56. The summed E-state index contributed by atoms with van der Waals surface area (Å²) >= 11 is 0. The lowest BCUT2D eigenvalue weighted by atomic mass is 10.1. The largest absolute Gasteiger partial charge is 0.465 e. The number of benzene rings is 1. The number of ether oxygens (including phenoxy) is 1. The first kappa shape index (κ1) is 24.1. The van der Waals surface area contributed by atoms with E-state index >= 15 is 0 Å². The number of methoxy groups -OCH3 is 1. The van der Waals surface area contributed by atoms with Crippen molar-refractivity contribution in [2.45, 2.75) is 25.7 Å². The van der Waals surface area contributed by atoms with Gasteiger partial charge in [0.15, 0.2) is 5.78 Å². The third-order valence-corrected chi connectivity index (χ3v) is 8.16. The zero-order chi connectivity index (χ0) is 24.6. The van der Waals surface area contributed by atoms with Crippen LogP contribution in [-0.2, 0) is 14.8 Å². The van der Waals surface area contributed by atoms with Gasteiger partial charge in [0.05, 0.1) is 30.4 Å². The Morgan fingerprint density at radius 1 is 1.12 bits per heavy atom. The van der Waals surface area contributed by atoms with Gasteiger partial charge in [-0.1, -0.05) is 12.1 Å². The van der Waals surface area contributed by atoms with Crippen LogP contribution in [-0.4, -0.2) is 79.2 Å². The van der Waals surface area contributed by atoms with Crippen LogP contribution >= 0.6 is 0 Å². The lowest BCUT2D eigenvalue weighted by Crippen LogP contribution is -2.49. The van der Waals surface area contributed by atoms with Crippen LogP contribution in [0.1, 0.15) is 37.7 Å². The molecule has 4 rings (SSSR count). The van der Waals surface area contributed by atoms with Crippen molar-refractivity contribution in [1.82, 2.24) is 19.2 Å². The summed E-state index contributed by atoms with van der Waals surface area (Å²) in [5.74, 6) is -0.636. The highest BCUT2D eigenvalue weighted by atomic mass is 32.2. The molecule has 1 N–H and O–H groups in total. The van der Waals surface area contributed by atoms with Crippen LogP contribution in [0.15, 0.2) is 35.4 Å². The minimum Gasteiger partial charge on any atom is -0.465 e. The van der Waals surface area contributed by atoms with E-state index in [1.807, 2.05) is 24.0 Å². The summed E-state index contributed by atoms with van der Waals surface area (Å²) < 4.78 is 33.0. The third kappa shape index (κ3) is 4.36. The van der Waals surface area contributed by atoms with Crippen LogP contribution in [0.3, 0.4) is 0 Å². The number of rotatable bonds is 6. The molecule has 2 aromatic heterocycles. The first-order valence-electron chi connectivity index (χ1n) is 11.0. The molecule has 1 aliphatic rings. The Bertz CT molecular complexity index is 1370. The Hall–Kier alpha value is -3.08. The van der Waals surface area contributed by atoms with Crippen molar-refractivity contribution in [2.24, 2.45) is 0 Å². The van der Waals surface area contributed by atoms with Crippen molar-refractivity contribution in [1.29, 1.82) is 0 Å². The Morgan fingerprint density at radius 3 is 2.50 bits per heavy atom. The molecule has 1 aliphatic heterocycles. The minimum absolute atomic E-state index is 0.129. The van der Waals surface area contributed by atoms with Gasteiger partial charge in [-0.25, -0.2) is 13.2 Å². The van der Waals surface area contributed by atoms with Crippen molar-refractivity contribution < 1.29 is 22.7 Å². The molecule has 1 aromatic carbocycles. The predicted octanol–water partition coefficient (Wildman–Crippen LogP) is 2.46. The highest BCUT2D eigenvalue weighted by Gasteiger charge is 2.31. The fraction of sp³-hybridized carbons (Fsp3) is 0.375. The summed E-state index contributed by atoms with van der Waals surface area (Å²) in [6, 6.07) is 7.09. The van der Waals surface area contributed by atoms with Crippen molar-refractivity contribution in [2.75, 3.05) is 39.8 Å². The number of aryl methyl sites for hydroxylation is 2. The zero-order valence-electron chi connectivity index (χ0n) is 19.7. The minimum atomic E-state index is -3.73. The number of H-pyrrole nitrogens is 1. The van der Waals surface area contributed by atoms with Gasteiger partial charge in [0.25, 0.3) is 0 Å². The van der Waals surface area contributed by atoms with Crippen LogP contribution in [0.25, 0.3) is 10.9 Å². The molecule has 3 heterocycles. The molecule has 0 amide bonds. The van der Waals surface area contributed by atoms with Gasteiger partial charge in [0.1, 0.15) is 4.90 Å². The Balaban J connectivity index is 1.46. The van der Waals surface area contributed by atoms with Gasteiger partial charge in [0, 0.05) is 43.5 Å². The number of aromatic nitrogens is 2. The zero-order valence-corrected chi connectivity index (χ0v) is 20.5. The van der Waals surface area contributed by atoms with Crippen LogP contribution in [0, 0.1) is 20.8 Å². The molecule has 10 heteroatoms. The predicted molar refractivity (Wildman–Crippen MR) is 128 cm³/mol. The summed E-state index contributed by atoms with van der Waals surface area (Å²) in [7, 11) is -2.42. The van der Waals surface area contributed by atoms with E-state index in [9.17, 15) is 18.0 Å². The van der Waals surface area contributed by atoms with Crippen LogP contribution in [0.5, 0.6) is 0 Å². The van der Waals surface area contributed by atoms with E-state index in [4.69, 9.17) is 4.74 Å². The van der Waals surface area contributed by atoms with E-state index in [1.54, 1.807) is 32.2 Å². The average molecular weight is 485 g/mol. The Labute approximate surface area is 198 Å². The van der Waals surface area contributed by atoms with Gasteiger partial charge in [-0.2, -0.15) is 4.31 Å². The molecule has 0 spiro atoms. The molecule has 0 radical (unpaired) electrons. The van der Waals surface area contributed by atoms with Gasteiger partial charge in [-0.15, -0.1) is 0 Å². The number of aromatic amines is 1. The number of para-hydroxylation sites is 1. The third-order valence-electron chi connectivity index (χ3n) is 6.23. The lowest BCUT2D eigenvalue weighted by Gasteiger charge is -2.33. The highest BCUT2D eigenvalue weighted by Crippen LogP contribution is 2.26. The molecule has 0 bridgehead atoms. The number of nitrogens with zero attached hydrogens (tertiary/aromatic N) is 3. The average Bonchev–Trinajstić information content (AvgIpc) is 3.12. The van der Waals surface area contributed by atoms with Crippen LogP contribution in [0.4, 0.5) is 0 Å². The smallest absolute Gasteiger partial charge is 0.339 e. The van der Waals surface area contributed by atoms with E-state index < -0.39 is 16.0 Å². The molecular formula is C24H28N4O5S. The number of hydrogen-bond donors (Lipinski definition) is 1. The van der Waals surface area contributed by atoms with E-state index in [1.165, 1.54) is 11.4 Å². The molecule has 0 saturated carbocycles. The number of hydrogen-bond acceptors (Lipinski definition) is 7. The molecule has 0 unspecified atom stereocenters. The number of nitrogens with one attached hydrogen (secondary N) is 1. The van der Waals surface area contributed by atoms with Crippen LogP contribution in [0.2, 0.25) is 0 Å². The molecule has 1 fully saturated rings. The fourth-order valence-electron chi connectivity index (χ4n) is 4.44. The summed E-state index contributed by atoms with van der Waals surface area (Å²) in [6.45, 7) is 6.87. The number of pyridine rings is 1. The Morgan fingerprint density at radius 2 is 1.82 bits per heavy atom. The van der Waals surface area contributed by atoms with Crippen molar-refractivity contribution in [3.63, 3.8) is 0 Å². The van der Waals surface area contributed by atoms with Gasteiger partial charge < -0.3 is 9.72 Å². The highest BCUT2D eigenvalue weighted by molar-refractivity contribution is 7.89. The molecule has 9 nitrogen and oxygen atoms in total. The summed E-state index contributed by atoms with van der Waals surface area (Å²) in [6.07, 6.45) is 1.67. The summed E-state index contributed by atoms with van der Waals surface area (Å²) in [4.78, 5) is 34.4.